The van der Waals surface area contributed by atoms with Gasteiger partial charge in [-0.15, -0.1) is 0 Å². The smallest absolute Gasteiger partial charge is 0.166 e. The Balaban J connectivity index is 2.63. The number of hydrogen-bond donors (Lipinski definition) is 0. The van der Waals surface area contributed by atoms with Gasteiger partial charge in [-0.05, 0) is 12.1 Å². The van der Waals surface area contributed by atoms with Crippen molar-refractivity contribution in [1.29, 1.82) is 0 Å². The second-order valence-electron chi connectivity index (χ2n) is 2.46. The van der Waals surface area contributed by atoms with Gasteiger partial charge in [-0.2, -0.15) is 0 Å². The molecule has 0 unspecified atom stereocenters. The molecule has 0 spiro atoms. The molecule has 0 radical (unpaired) electrons. The van der Waals surface area contributed by atoms with E-state index in [0.29, 0.717) is 6.04 Å². The lowest BCUT2D eigenvalue weighted by Crippen LogP contribution is -2.03. The molecule has 0 fully saturated rings. The zero-order chi connectivity index (χ0) is 7.68. The molecule has 0 bridgehead atoms. The number of para-hydroxylation sites is 1. The molecule has 2 rings (SSSR count). The fourth-order valence-electron chi connectivity index (χ4n) is 1.16. The van der Waals surface area contributed by atoms with Crippen LogP contribution >= 0.6 is 0 Å². The summed E-state index contributed by atoms with van der Waals surface area (Å²) in [6, 6.07) is 8.20. The fraction of sp³-hybridized carbons (Fsp3) is 0.125. The van der Waals surface area contributed by atoms with Crippen molar-refractivity contribution in [3.8, 4) is 0 Å². The van der Waals surface area contributed by atoms with Gasteiger partial charge in [-0.25, -0.2) is 0 Å². The molecule has 2 nitrogen and oxygen atoms in total. The molecule has 0 amide bonds. The van der Waals surface area contributed by atoms with Gasteiger partial charge in [-0.1, -0.05) is 12.1 Å². The Kier molecular flexibility index (Phi) is 1.51. The molecular formula is C8H7NOSi. The number of carbonyl (C=O) groups excluding carboxylic acids is 1. The average molecular weight is 161 g/mol. The number of nitrogens with zero attached hydrogens (tertiary/aromatic N) is 1. The first-order valence-electron chi connectivity index (χ1n) is 3.53. The van der Waals surface area contributed by atoms with Crippen molar-refractivity contribution in [2.45, 2.75) is 6.04 Å². The van der Waals surface area contributed by atoms with E-state index in [0.717, 1.165) is 11.3 Å². The second kappa shape index (κ2) is 2.51. The molecule has 0 N–H and O–H groups in total. The summed E-state index contributed by atoms with van der Waals surface area (Å²) in [4.78, 5) is 11.2. The lowest BCUT2D eigenvalue weighted by Gasteiger charge is -2.06. The Labute approximate surface area is 66.8 Å². The van der Waals surface area contributed by atoms with Crippen LogP contribution < -0.4 is 0 Å². The van der Waals surface area contributed by atoms with Gasteiger partial charge in [0, 0.05) is 11.6 Å². The van der Waals surface area contributed by atoms with Crippen LogP contribution in [0.25, 0.3) is 0 Å². The van der Waals surface area contributed by atoms with Gasteiger partial charge >= 0.3 is 0 Å². The van der Waals surface area contributed by atoms with Gasteiger partial charge in [0.05, 0.1) is 5.69 Å². The maximum atomic E-state index is 11.2. The average Bonchev–Trinajstić information content (AvgIpc) is 2.06. The first-order chi connectivity index (χ1) is 5.38. The highest BCUT2D eigenvalue weighted by Crippen LogP contribution is 2.22. The summed E-state index contributed by atoms with van der Waals surface area (Å²) in [7, 11) is -0.0238. The van der Waals surface area contributed by atoms with E-state index < -0.39 is 0 Å². The summed E-state index contributed by atoms with van der Waals surface area (Å²) in [6.07, 6.45) is 0. The molecule has 0 saturated carbocycles. The molecule has 1 aromatic rings. The van der Waals surface area contributed by atoms with Crippen molar-refractivity contribution in [2.75, 3.05) is 0 Å². The van der Waals surface area contributed by atoms with Crippen LogP contribution in [0.15, 0.2) is 28.9 Å². The minimum Gasteiger partial charge on any atom is -0.305 e. The van der Waals surface area contributed by atoms with Crippen LogP contribution in [0.2, 0.25) is 6.04 Å². The highest BCUT2D eigenvalue weighted by atomic mass is 28.2. The number of benzene rings is 1. The number of rotatable bonds is 0. The Morgan fingerprint density at radius 3 is 3.00 bits per heavy atom. The monoisotopic (exact) mass is 161 g/mol. The lowest BCUT2D eigenvalue weighted by molar-refractivity contribution is 0.101. The molecule has 1 heterocycles. The molecule has 0 atom stereocenters. The Bertz CT molecular complexity index is 333. The third-order valence-electron chi connectivity index (χ3n) is 1.71. The van der Waals surface area contributed by atoms with E-state index >= 15 is 0 Å². The fourth-order valence-corrected chi connectivity index (χ4v) is 2.06. The minimum absolute atomic E-state index is 0.0238. The zero-order valence-electron chi connectivity index (χ0n) is 5.95. The number of ketones is 1. The maximum Gasteiger partial charge on any atom is 0.166 e. The van der Waals surface area contributed by atoms with E-state index in [1.54, 1.807) is 0 Å². The van der Waals surface area contributed by atoms with Crippen LogP contribution in [0.3, 0.4) is 0 Å². The number of hydrogen-bond acceptors (Lipinski definition) is 2. The van der Waals surface area contributed by atoms with Crippen LogP contribution in [-0.2, 0) is 0 Å². The second-order valence-corrected chi connectivity index (χ2v) is 3.49. The molecule has 1 aromatic carbocycles. The molecule has 11 heavy (non-hydrogen) atoms. The highest BCUT2D eigenvalue weighted by molar-refractivity contribution is 6.36. The van der Waals surface area contributed by atoms with E-state index in [1.807, 2.05) is 24.3 Å². The molecule has 0 aromatic heterocycles. The third-order valence-corrected chi connectivity index (χ3v) is 2.73. The predicted molar refractivity (Wildman–Crippen MR) is 44.8 cm³/mol. The first-order valence-corrected chi connectivity index (χ1v) is 4.86. The maximum absolute atomic E-state index is 11.2. The van der Waals surface area contributed by atoms with Crippen LogP contribution in [0.4, 0.5) is 5.69 Å². The van der Waals surface area contributed by atoms with Crippen molar-refractivity contribution >= 4 is 20.8 Å². The van der Waals surface area contributed by atoms with E-state index in [1.165, 1.54) is 0 Å². The number of fused-ring (bicyclic) bond motifs is 1. The Hall–Kier alpha value is -1.09. The number of Topliss-reactive ketones (excluding diaryl/α,β-unsaturated/α-hetero) is 1. The van der Waals surface area contributed by atoms with Crippen molar-refractivity contribution in [3.05, 3.63) is 29.8 Å². The van der Waals surface area contributed by atoms with Crippen molar-refractivity contribution < 1.29 is 4.79 Å². The van der Waals surface area contributed by atoms with Crippen molar-refractivity contribution in [1.82, 2.24) is 0 Å². The largest absolute Gasteiger partial charge is 0.305 e. The lowest BCUT2D eigenvalue weighted by atomic mass is 10.1. The quantitative estimate of drug-likeness (QED) is 0.531. The first kappa shape index (κ1) is 6.61. The molecular weight excluding hydrogens is 154 g/mol. The summed E-state index contributed by atoms with van der Waals surface area (Å²) < 4.78 is 4.31. The van der Waals surface area contributed by atoms with Crippen molar-refractivity contribution in [3.63, 3.8) is 0 Å². The van der Waals surface area contributed by atoms with Crippen LogP contribution in [-0.4, -0.2) is 15.1 Å². The zero-order valence-corrected chi connectivity index (χ0v) is 7.10. The SMILES string of the molecule is O=C1C[SiH]=Nc2ccccc21. The Morgan fingerprint density at radius 2 is 2.18 bits per heavy atom. The van der Waals surface area contributed by atoms with Gasteiger partial charge < -0.3 is 4.63 Å². The minimum atomic E-state index is -0.0238. The van der Waals surface area contributed by atoms with Crippen molar-refractivity contribution in [2.24, 2.45) is 4.63 Å². The summed E-state index contributed by atoms with van der Waals surface area (Å²) in [5, 5.41) is 0. The van der Waals surface area contributed by atoms with E-state index in [9.17, 15) is 4.79 Å². The summed E-state index contributed by atoms with van der Waals surface area (Å²) >= 11 is 0. The molecule has 54 valence electrons. The van der Waals surface area contributed by atoms with Gasteiger partial charge in [0.15, 0.2) is 5.78 Å². The van der Waals surface area contributed by atoms with Crippen LogP contribution in [0.5, 0.6) is 0 Å². The van der Waals surface area contributed by atoms with Crippen LogP contribution in [0.1, 0.15) is 10.4 Å². The van der Waals surface area contributed by atoms with Gasteiger partial charge in [0.1, 0.15) is 9.31 Å². The molecule has 1 aliphatic rings. The molecule has 0 aliphatic carbocycles. The summed E-state index contributed by atoms with van der Waals surface area (Å²) in [5.74, 6) is 0.255. The predicted octanol–water partition coefficient (Wildman–Crippen LogP) is 1.55. The van der Waals surface area contributed by atoms with Gasteiger partial charge in [-0.3, -0.25) is 4.79 Å². The summed E-state index contributed by atoms with van der Waals surface area (Å²) in [6.45, 7) is 0. The van der Waals surface area contributed by atoms with Gasteiger partial charge in [0.25, 0.3) is 0 Å². The van der Waals surface area contributed by atoms with E-state index in [-0.39, 0.29) is 15.1 Å². The van der Waals surface area contributed by atoms with Crippen LogP contribution in [0, 0.1) is 0 Å². The Morgan fingerprint density at radius 1 is 1.36 bits per heavy atom. The standard InChI is InChI=1S/C8H7NOSi/c10-8-5-11-9-7-4-2-1-3-6(7)8/h1-4,11H,5H2. The topological polar surface area (TPSA) is 29.4 Å². The summed E-state index contributed by atoms with van der Waals surface area (Å²) in [5.41, 5.74) is 1.69. The van der Waals surface area contributed by atoms with E-state index in [4.69, 9.17) is 0 Å². The highest BCUT2D eigenvalue weighted by Gasteiger charge is 2.11. The third kappa shape index (κ3) is 1.07. The number of carbonyl (C=O) groups is 1. The molecule has 3 heteroatoms. The normalized spacial score (nSPS) is 14.7. The van der Waals surface area contributed by atoms with E-state index in [2.05, 4.69) is 4.63 Å². The molecule has 1 aliphatic heterocycles. The van der Waals surface area contributed by atoms with Gasteiger partial charge in [0.2, 0.25) is 0 Å². The molecule has 0 saturated heterocycles.